The zero-order valence-electron chi connectivity index (χ0n) is 15.6. The van der Waals surface area contributed by atoms with Crippen LogP contribution < -0.4 is 10.6 Å². The van der Waals surface area contributed by atoms with Gasteiger partial charge in [-0.05, 0) is 26.2 Å². The molecular formula is C18H36N4O2. The van der Waals surface area contributed by atoms with E-state index in [0.29, 0.717) is 0 Å². The minimum atomic E-state index is 0.269. The van der Waals surface area contributed by atoms with Crippen LogP contribution in [-0.4, -0.2) is 76.1 Å². The lowest BCUT2D eigenvalue weighted by Gasteiger charge is -2.48. The van der Waals surface area contributed by atoms with Crippen molar-refractivity contribution in [2.45, 2.75) is 51.0 Å². The molecular weight excluding hydrogens is 304 g/mol. The van der Waals surface area contributed by atoms with E-state index in [1.165, 1.54) is 32.1 Å². The van der Waals surface area contributed by atoms with Crippen molar-refractivity contribution in [2.24, 2.45) is 4.99 Å². The molecule has 0 radical (unpaired) electrons. The molecule has 1 heterocycles. The van der Waals surface area contributed by atoms with Gasteiger partial charge in [0.1, 0.15) is 0 Å². The Bertz CT molecular complexity index is 364. The van der Waals surface area contributed by atoms with Crippen molar-refractivity contribution in [3.05, 3.63) is 0 Å². The van der Waals surface area contributed by atoms with E-state index in [9.17, 15) is 0 Å². The van der Waals surface area contributed by atoms with E-state index in [2.05, 4.69) is 20.5 Å². The van der Waals surface area contributed by atoms with Crippen LogP contribution in [0, 0.1) is 0 Å². The first-order chi connectivity index (χ1) is 11.8. The van der Waals surface area contributed by atoms with Crippen molar-refractivity contribution in [3.8, 4) is 0 Å². The van der Waals surface area contributed by atoms with Gasteiger partial charge in [-0.25, -0.2) is 0 Å². The van der Waals surface area contributed by atoms with Gasteiger partial charge >= 0.3 is 0 Å². The number of rotatable bonds is 8. The molecule has 2 aliphatic rings. The Balaban J connectivity index is 1.82. The van der Waals surface area contributed by atoms with Crippen LogP contribution in [-0.2, 0) is 9.47 Å². The van der Waals surface area contributed by atoms with Crippen LogP contribution in [0.2, 0.25) is 0 Å². The van der Waals surface area contributed by atoms with Crippen LogP contribution in [0.15, 0.2) is 4.99 Å². The fraction of sp³-hybridized carbons (Fsp3) is 0.944. The van der Waals surface area contributed by atoms with E-state index < -0.39 is 0 Å². The van der Waals surface area contributed by atoms with Gasteiger partial charge in [-0.2, -0.15) is 0 Å². The number of ether oxygens (including phenoxy) is 2. The Kier molecular flexibility index (Phi) is 8.84. The lowest BCUT2D eigenvalue weighted by molar-refractivity contribution is -0.0352. The highest BCUT2D eigenvalue weighted by atomic mass is 16.5. The van der Waals surface area contributed by atoms with Crippen molar-refractivity contribution < 1.29 is 9.47 Å². The zero-order chi connectivity index (χ0) is 17.1. The van der Waals surface area contributed by atoms with Gasteiger partial charge in [-0.15, -0.1) is 0 Å². The third-order valence-corrected chi connectivity index (χ3v) is 5.24. The monoisotopic (exact) mass is 340 g/mol. The zero-order valence-corrected chi connectivity index (χ0v) is 15.6. The van der Waals surface area contributed by atoms with Gasteiger partial charge in [0.25, 0.3) is 0 Å². The first kappa shape index (κ1) is 19.5. The molecule has 140 valence electrons. The maximum Gasteiger partial charge on any atom is 0.191 e. The summed E-state index contributed by atoms with van der Waals surface area (Å²) in [6.45, 7) is 9.33. The van der Waals surface area contributed by atoms with Gasteiger partial charge < -0.3 is 20.1 Å². The molecule has 0 aromatic heterocycles. The summed E-state index contributed by atoms with van der Waals surface area (Å²) in [6, 6.07) is 0. The third kappa shape index (κ3) is 5.90. The highest BCUT2D eigenvalue weighted by Crippen LogP contribution is 2.33. The summed E-state index contributed by atoms with van der Waals surface area (Å²) in [7, 11) is 1.85. The molecule has 1 saturated carbocycles. The second-order valence-electron chi connectivity index (χ2n) is 6.79. The predicted octanol–water partition coefficient (Wildman–Crippen LogP) is 1.61. The number of aliphatic imine (C=N–C) groups is 1. The van der Waals surface area contributed by atoms with Gasteiger partial charge in [0.15, 0.2) is 5.96 Å². The third-order valence-electron chi connectivity index (χ3n) is 5.24. The van der Waals surface area contributed by atoms with Crippen LogP contribution in [0.4, 0.5) is 0 Å². The largest absolute Gasteiger partial charge is 0.382 e. The van der Waals surface area contributed by atoms with Crippen molar-refractivity contribution in [1.82, 2.24) is 15.5 Å². The topological polar surface area (TPSA) is 58.1 Å². The maximum absolute atomic E-state index is 5.56. The van der Waals surface area contributed by atoms with E-state index in [0.717, 1.165) is 65.0 Å². The molecule has 0 aromatic carbocycles. The number of hydrogen-bond donors (Lipinski definition) is 2. The van der Waals surface area contributed by atoms with Gasteiger partial charge in [0.2, 0.25) is 0 Å². The number of guanidine groups is 1. The first-order valence-electron chi connectivity index (χ1n) is 9.66. The Morgan fingerprint density at radius 1 is 1.17 bits per heavy atom. The number of hydrogen-bond acceptors (Lipinski definition) is 4. The van der Waals surface area contributed by atoms with Crippen molar-refractivity contribution in [2.75, 3.05) is 59.7 Å². The normalized spacial score (nSPS) is 22.3. The second kappa shape index (κ2) is 10.9. The summed E-state index contributed by atoms with van der Waals surface area (Å²) in [6.07, 6.45) is 7.60. The van der Waals surface area contributed by atoms with Crippen LogP contribution in [0.1, 0.15) is 45.4 Å². The maximum atomic E-state index is 5.56. The minimum Gasteiger partial charge on any atom is -0.382 e. The van der Waals surface area contributed by atoms with Gasteiger partial charge in [0, 0.05) is 52.0 Å². The van der Waals surface area contributed by atoms with E-state index in [-0.39, 0.29) is 5.54 Å². The van der Waals surface area contributed by atoms with Gasteiger partial charge in [-0.1, -0.05) is 19.3 Å². The fourth-order valence-electron chi connectivity index (χ4n) is 3.85. The highest BCUT2D eigenvalue weighted by Gasteiger charge is 2.38. The average molecular weight is 341 g/mol. The first-order valence-corrected chi connectivity index (χ1v) is 9.66. The summed E-state index contributed by atoms with van der Waals surface area (Å²) < 4.78 is 10.9. The smallest absolute Gasteiger partial charge is 0.191 e. The van der Waals surface area contributed by atoms with E-state index in [1.54, 1.807) is 0 Å². The Labute approximate surface area is 147 Å². The molecule has 2 N–H and O–H groups in total. The summed E-state index contributed by atoms with van der Waals surface area (Å²) in [5, 5.41) is 6.99. The average Bonchev–Trinajstić information content (AvgIpc) is 2.65. The van der Waals surface area contributed by atoms with E-state index in [4.69, 9.17) is 9.47 Å². The SMILES string of the molecule is CCOCCCNC(=NC)NCC1(N2CCOCC2)CCCCC1. The van der Waals surface area contributed by atoms with Gasteiger partial charge in [0.05, 0.1) is 13.2 Å². The summed E-state index contributed by atoms with van der Waals surface area (Å²) in [5.41, 5.74) is 0.269. The summed E-state index contributed by atoms with van der Waals surface area (Å²) >= 11 is 0. The Morgan fingerprint density at radius 3 is 2.58 bits per heavy atom. The molecule has 0 spiro atoms. The lowest BCUT2D eigenvalue weighted by atomic mass is 9.80. The van der Waals surface area contributed by atoms with E-state index in [1.807, 2.05) is 14.0 Å². The molecule has 2 fully saturated rings. The fourth-order valence-corrected chi connectivity index (χ4v) is 3.85. The molecule has 0 amide bonds. The summed E-state index contributed by atoms with van der Waals surface area (Å²) in [4.78, 5) is 7.03. The van der Waals surface area contributed by atoms with Crippen LogP contribution in [0.25, 0.3) is 0 Å². The molecule has 0 aromatic rings. The molecule has 0 unspecified atom stereocenters. The molecule has 24 heavy (non-hydrogen) atoms. The molecule has 1 saturated heterocycles. The second-order valence-corrected chi connectivity index (χ2v) is 6.79. The number of morpholine rings is 1. The standard InChI is InChI=1S/C18H36N4O2/c1-3-23-13-7-10-20-17(19-2)21-16-18(8-5-4-6-9-18)22-11-14-24-15-12-22/h3-16H2,1-2H3,(H2,19,20,21). The number of nitrogens with one attached hydrogen (secondary N) is 2. The van der Waals surface area contributed by atoms with Gasteiger partial charge in [-0.3, -0.25) is 9.89 Å². The number of nitrogens with zero attached hydrogens (tertiary/aromatic N) is 2. The van der Waals surface area contributed by atoms with Crippen LogP contribution in [0.5, 0.6) is 0 Å². The van der Waals surface area contributed by atoms with Crippen LogP contribution >= 0.6 is 0 Å². The molecule has 6 heteroatoms. The minimum absolute atomic E-state index is 0.269. The Hall–Kier alpha value is -0.850. The Morgan fingerprint density at radius 2 is 1.92 bits per heavy atom. The molecule has 0 atom stereocenters. The molecule has 0 bridgehead atoms. The lowest BCUT2D eigenvalue weighted by Crippen LogP contribution is -2.60. The summed E-state index contributed by atoms with van der Waals surface area (Å²) in [5.74, 6) is 0.907. The quantitative estimate of drug-likeness (QED) is 0.399. The molecule has 1 aliphatic heterocycles. The predicted molar refractivity (Wildman–Crippen MR) is 98.7 cm³/mol. The molecule has 2 rings (SSSR count). The molecule has 6 nitrogen and oxygen atoms in total. The van der Waals surface area contributed by atoms with Crippen molar-refractivity contribution >= 4 is 5.96 Å². The highest BCUT2D eigenvalue weighted by molar-refractivity contribution is 5.79. The van der Waals surface area contributed by atoms with Crippen molar-refractivity contribution in [1.29, 1.82) is 0 Å². The molecule has 1 aliphatic carbocycles. The van der Waals surface area contributed by atoms with E-state index >= 15 is 0 Å². The van der Waals surface area contributed by atoms with Crippen LogP contribution in [0.3, 0.4) is 0 Å². The van der Waals surface area contributed by atoms with Crippen molar-refractivity contribution in [3.63, 3.8) is 0 Å².